The van der Waals surface area contributed by atoms with Crippen LogP contribution in [0.4, 0.5) is 17.6 Å². The number of fused-ring (bicyclic) bond motifs is 3. The number of benzene rings is 2. The lowest BCUT2D eigenvalue weighted by molar-refractivity contribution is -0.137. The second-order valence-corrected chi connectivity index (χ2v) is 6.65. The molecule has 3 heterocycles. The van der Waals surface area contributed by atoms with Crippen molar-refractivity contribution in [1.29, 1.82) is 0 Å². The van der Waals surface area contributed by atoms with Crippen molar-refractivity contribution in [3.05, 3.63) is 76.5 Å². The topological polar surface area (TPSA) is 79.4 Å². The zero-order valence-electron chi connectivity index (χ0n) is 15.0. The van der Waals surface area contributed by atoms with Crippen LogP contribution in [-0.2, 0) is 6.18 Å². The smallest absolute Gasteiger partial charge is 0.289 e. The van der Waals surface area contributed by atoms with Crippen LogP contribution in [-0.4, -0.2) is 25.0 Å². The van der Waals surface area contributed by atoms with E-state index in [1.165, 1.54) is 47.3 Å². The minimum atomic E-state index is -4.54. The van der Waals surface area contributed by atoms with E-state index in [1.807, 2.05) is 0 Å². The van der Waals surface area contributed by atoms with Gasteiger partial charge in [0.2, 0.25) is 0 Å². The summed E-state index contributed by atoms with van der Waals surface area (Å²) < 4.78 is 54.1. The van der Waals surface area contributed by atoms with Gasteiger partial charge in [-0.2, -0.15) is 18.3 Å². The largest absolute Gasteiger partial charge is 0.416 e. The molecule has 30 heavy (non-hydrogen) atoms. The molecule has 6 nitrogen and oxygen atoms in total. The van der Waals surface area contributed by atoms with E-state index in [0.717, 1.165) is 12.1 Å². The number of hydrogen-bond acceptors (Lipinski definition) is 3. The second-order valence-electron chi connectivity index (χ2n) is 6.65. The Morgan fingerprint density at radius 3 is 2.53 bits per heavy atom. The molecule has 0 aliphatic heterocycles. The van der Waals surface area contributed by atoms with E-state index in [1.54, 1.807) is 0 Å². The van der Waals surface area contributed by atoms with Gasteiger partial charge >= 0.3 is 6.18 Å². The fourth-order valence-electron chi connectivity index (χ4n) is 3.39. The van der Waals surface area contributed by atoms with Crippen LogP contribution < -0.4 is 5.56 Å². The Morgan fingerprint density at radius 1 is 1.03 bits per heavy atom. The van der Waals surface area contributed by atoms with Crippen molar-refractivity contribution in [2.45, 2.75) is 6.18 Å². The number of hydrogen-bond donors (Lipinski definition) is 2. The summed E-state index contributed by atoms with van der Waals surface area (Å²) >= 11 is 0. The Labute approximate surface area is 164 Å². The molecule has 0 amide bonds. The van der Waals surface area contributed by atoms with Crippen molar-refractivity contribution in [3.63, 3.8) is 0 Å². The molecule has 3 aromatic heterocycles. The first-order chi connectivity index (χ1) is 14.3. The molecule has 0 aliphatic carbocycles. The zero-order chi connectivity index (χ0) is 21.0. The molecule has 0 radical (unpaired) electrons. The molecule has 0 unspecified atom stereocenters. The average molecular weight is 413 g/mol. The van der Waals surface area contributed by atoms with Crippen molar-refractivity contribution in [1.82, 2.24) is 25.0 Å². The highest BCUT2D eigenvalue weighted by Crippen LogP contribution is 2.34. The maximum atomic E-state index is 13.3. The van der Waals surface area contributed by atoms with Gasteiger partial charge < -0.3 is 0 Å². The molecule has 10 heteroatoms. The van der Waals surface area contributed by atoms with Gasteiger partial charge in [0.25, 0.3) is 5.56 Å². The molecule has 150 valence electrons. The highest BCUT2D eigenvalue weighted by atomic mass is 19.4. The molecule has 2 N–H and O–H groups in total. The summed E-state index contributed by atoms with van der Waals surface area (Å²) in [6, 6.07) is 9.83. The minimum absolute atomic E-state index is 0.0787. The Bertz CT molecular complexity index is 1460. The summed E-state index contributed by atoms with van der Waals surface area (Å²) in [5.74, 6) is -0.466. The lowest BCUT2D eigenvalue weighted by Crippen LogP contribution is -2.14. The number of nitrogens with one attached hydrogen (secondary N) is 2. The summed E-state index contributed by atoms with van der Waals surface area (Å²) in [5, 5.41) is 10.1. The number of H-pyrrole nitrogens is 2. The molecule has 0 atom stereocenters. The third-order valence-electron chi connectivity index (χ3n) is 4.79. The molecule has 2 aromatic carbocycles. The molecular formula is C20H11F4N5O. The van der Waals surface area contributed by atoms with Crippen LogP contribution in [0.2, 0.25) is 0 Å². The first-order valence-corrected chi connectivity index (χ1v) is 8.74. The van der Waals surface area contributed by atoms with Gasteiger partial charge in [-0.05, 0) is 36.4 Å². The van der Waals surface area contributed by atoms with E-state index in [2.05, 4.69) is 20.3 Å². The Balaban J connectivity index is 1.84. The third-order valence-corrected chi connectivity index (χ3v) is 4.79. The number of halogens is 4. The monoisotopic (exact) mass is 413 g/mol. The molecule has 0 aliphatic rings. The van der Waals surface area contributed by atoms with E-state index >= 15 is 0 Å². The Kier molecular flexibility index (Phi) is 3.79. The van der Waals surface area contributed by atoms with Crippen molar-refractivity contribution in [2.24, 2.45) is 0 Å². The Morgan fingerprint density at radius 2 is 1.80 bits per heavy atom. The first-order valence-electron chi connectivity index (χ1n) is 8.74. The van der Waals surface area contributed by atoms with Crippen LogP contribution in [0, 0.1) is 5.82 Å². The number of aromatic amines is 2. The van der Waals surface area contributed by atoms with Crippen molar-refractivity contribution in [2.75, 3.05) is 0 Å². The summed E-state index contributed by atoms with van der Waals surface area (Å²) in [5.41, 5.74) is -0.139. The summed E-state index contributed by atoms with van der Waals surface area (Å²) in [6.45, 7) is 0. The molecule has 5 aromatic rings. The van der Waals surface area contributed by atoms with E-state index in [4.69, 9.17) is 0 Å². The van der Waals surface area contributed by atoms with Crippen LogP contribution in [0.25, 0.3) is 38.9 Å². The van der Waals surface area contributed by atoms with E-state index in [9.17, 15) is 22.4 Å². The highest BCUT2D eigenvalue weighted by molar-refractivity contribution is 6.07. The van der Waals surface area contributed by atoms with Crippen LogP contribution in [0.5, 0.6) is 0 Å². The predicted octanol–water partition coefficient (Wildman–Crippen LogP) is 4.42. The van der Waals surface area contributed by atoms with Crippen LogP contribution in [0.15, 0.2) is 59.5 Å². The van der Waals surface area contributed by atoms with E-state index in [-0.39, 0.29) is 16.6 Å². The number of rotatable bonds is 2. The third kappa shape index (κ3) is 2.76. The number of pyridine rings is 1. The van der Waals surface area contributed by atoms with Crippen molar-refractivity contribution >= 4 is 21.9 Å². The summed E-state index contributed by atoms with van der Waals surface area (Å²) in [4.78, 5) is 17.6. The highest BCUT2D eigenvalue weighted by Gasteiger charge is 2.31. The summed E-state index contributed by atoms with van der Waals surface area (Å²) in [6.07, 6.45) is -3.08. The van der Waals surface area contributed by atoms with Gasteiger partial charge in [-0.25, -0.2) is 14.1 Å². The Hall–Kier alpha value is -3.95. The normalized spacial score (nSPS) is 12.1. The fourth-order valence-corrected chi connectivity index (χ4v) is 3.39. The molecule has 0 saturated heterocycles. The van der Waals surface area contributed by atoms with Crippen LogP contribution >= 0.6 is 0 Å². The predicted molar refractivity (Wildman–Crippen MR) is 102 cm³/mol. The van der Waals surface area contributed by atoms with Gasteiger partial charge in [0.05, 0.1) is 39.4 Å². The van der Waals surface area contributed by atoms with Gasteiger partial charge in [0, 0.05) is 5.56 Å². The number of aromatic nitrogens is 5. The van der Waals surface area contributed by atoms with Gasteiger partial charge in [-0.3, -0.25) is 15.0 Å². The molecule has 0 bridgehead atoms. The lowest BCUT2D eigenvalue weighted by Gasteiger charge is -2.09. The van der Waals surface area contributed by atoms with Gasteiger partial charge in [0.1, 0.15) is 5.82 Å². The molecule has 5 rings (SSSR count). The van der Waals surface area contributed by atoms with Crippen molar-refractivity contribution < 1.29 is 17.6 Å². The van der Waals surface area contributed by atoms with Gasteiger partial charge in [0.15, 0.2) is 5.65 Å². The first kappa shape index (κ1) is 18.1. The van der Waals surface area contributed by atoms with Gasteiger partial charge in [-0.15, -0.1) is 0 Å². The standard InChI is InChI=1S/C20H11F4N5O/c21-12-4-6-13(7-5-12)29-19(30)15-16(10-2-1-3-11(8-10)20(22,23)24)26-18-14(9-25-27-18)17(15)28-29/h1-9,28H,(H,25,26,27). The fraction of sp³-hybridized carbons (Fsp3) is 0.0500. The number of alkyl halides is 3. The summed E-state index contributed by atoms with van der Waals surface area (Å²) in [7, 11) is 0. The maximum absolute atomic E-state index is 13.3. The van der Waals surface area contributed by atoms with Crippen LogP contribution in [0.1, 0.15) is 5.56 Å². The molecule has 0 saturated carbocycles. The maximum Gasteiger partial charge on any atom is 0.416 e. The minimum Gasteiger partial charge on any atom is -0.289 e. The average Bonchev–Trinajstić information content (AvgIpc) is 3.32. The van der Waals surface area contributed by atoms with E-state index < -0.39 is 23.1 Å². The van der Waals surface area contributed by atoms with Crippen molar-refractivity contribution in [3.8, 4) is 16.9 Å². The lowest BCUT2D eigenvalue weighted by atomic mass is 10.0. The second kappa shape index (κ2) is 6.28. The van der Waals surface area contributed by atoms with Crippen LogP contribution in [0.3, 0.4) is 0 Å². The SMILES string of the molecule is O=c1c2c(-c3cccc(C(F)(F)F)c3)nc3[nH]ncc3c2[nH]n1-c1ccc(F)cc1. The zero-order valence-corrected chi connectivity index (χ0v) is 15.0. The number of nitrogens with zero attached hydrogens (tertiary/aromatic N) is 3. The van der Waals surface area contributed by atoms with E-state index in [0.29, 0.717) is 22.2 Å². The molecule has 0 spiro atoms. The molecule has 0 fully saturated rings. The van der Waals surface area contributed by atoms with Gasteiger partial charge in [-0.1, -0.05) is 12.1 Å². The quantitative estimate of drug-likeness (QED) is 0.421. The molecular weight excluding hydrogens is 402 g/mol.